The summed E-state index contributed by atoms with van der Waals surface area (Å²) >= 11 is 1.23. The molecule has 0 aliphatic carbocycles. The van der Waals surface area contributed by atoms with E-state index < -0.39 is 0 Å². The zero-order valence-corrected chi connectivity index (χ0v) is 16.4. The summed E-state index contributed by atoms with van der Waals surface area (Å²) in [4.78, 5) is 24.5. The second kappa shape index (κ2) is 8.83. The Labute approximate surface area is 165 Å². The quantitative estimate of drug-likeness (QED) is 0.614. The van der Waals surface area contributed by atoms with Crippen molar-refractivity contribution in [2.75, 3.05) is 5.75 Å². The second-order valence-corrected chi connectivity index (χ2v) is 7.01. The molecule has 2 aromatic heterocycles. The Kier molecular flexibility index (Phi) is 6.25. The first kappa shape index (κ1) is 19.8. The predicted molar refractivity (Wildman–Crippen MR) is 105 cm³/mol. The van der Waals surface area contributed by atoms with Crippen LogP contribution in [0.1, 0.15) is 12.5 Å². The van der Waals surface area contributed by atoms with Gasteiger partial charge in [0.05, 0.1) is 11.3 Å². The van der Waals surface area contributed by atoms with Crippen LogP contribution in [0, 0.1) is 5.82 Å². The van der Waals surface area contributed by atoms with Crippen LogP contribution in [0.25, 0.3) is 11.4 Å². The van der Waals surface area contributed by atoms with Gasteiger partial charge in [0.1, 0.15) is 5.82 Å². The maximum Gasteiger partial charge on any atom is 0.261 e. The van der Waals surface area contributed by atoms with Gasteiger partial charge in [0, 0.05) is 26.3 Å². The minimum absolute atomic E-state index is 0.130. The Morgan fingerprint density at radius 1 is 1.21 bits per heavy atom. The van der Waals surface area contributed by atoms with Crippen molar-refractivity contribution in [3.8, 4) is 11.4 Å². The molecule has 146 valence electrons. The van der Waals surface area contributed by atoms with Gasteiger partial charge in [-0.25, -0.2) is 4.39 Å². The molecule has 28 heavy (non-hydrogen) atoms. The number of thioether (sulfide) groups is 1. The summed E-state index contributed by atoms with van der Waals surface area (Å²) in [6, 6.07) is 9.47. The van der Waals surface area contributed by atoms with Gasteiger partial charge < -0.3 is 14.5 Å². The monoisotopic (exact) mass is 401 g/mol. The summed E-state index contributed by atoms with van der Waals surface area (Å²) in [6.45, 7) is 2.79. The van der Waals surface area contributed by atoms with Crippen molar-refractivity contribution >= 4 is 17.7 Å². The van der Waals surface area contributed by atoms with Gasteiger partial charge in [0.15, 0.2) is 11.0 Å². The third-order valence-corrected chi connectivity index (χ3v) is 5.19. The molecule has 3 rings (SSSR count). The molecular weight excluding hydrogens is 381 g/mol. The maximum atomic E-state index is 12.9. The lowest BCUT2D eigenvalue weighted by Crippen LogP contribution is -2.24. The van der Waals surface area contributed by atoms with Crippen LogP contribution in [0.15, 0.2) is 52.5 Å². The van der Waals surface area contributed by atoms with E-state index in [9.17, 15) is 14.0 Å². The number of aryl methyl sites for hydroxylation is 1. The SMILES string of the molecule is CCn1cccc(-c2nnc(SCC(=O)NCc3ccc(F)cc3)n2C)c1=O. The van der Waals surface area contributed by atoms with Crippen molar-refractivity contribution in [2.45, 2.75) is 25.2 Å². The molecule has 0 bridgehead atoms. The Morgan fingerprint density at radius 3 is 2.68 bits per heavy atom. The molecule has 1 amide bonds. The molecule has 0 spiro atoms. The molecule has 7 nitrogen and oxygen atoms in total. The van der Waals surface area contributed by atoms with E-state index in [1.54, 1.807) is 46.6 Å². The van der Waals surface area contributed by atoms with Crippen molar-refractivity contribution < 1.29 is 9.18 Å². The normalized spacial score (nSPS) is 10.8. The molecule has 2 heterocycles. The summed E-state index contributed by atoms with van der Waals surface area (Å²) in [7, 11) is 1.76. The number of rotatable bonds is 7. The first-order chi connectivity index (χ1) is 13.5. The van der Waals surface area contributed by atoms with Crippen LogP contribution >= 0.6 is 11.8 Å². The van der Waals surface area contributed by atoms with E-state index in [0.717, 1.165) is 5.56 Å². The van der Waals surface area contributed by atoms with Gasteiger partial charge in [-0.3, -0.25) is 9.59 Å². The first-order valence-corrected chi connectivity index (χ1v) is 9.71. The minimum Gasteiger partial charge on any atom is -0.351 e. The van der Waals surface area contributed by atoms with Gasteiger partial charge >= 0.3 is 0 Å². The van der Waals surface area contributed by atoms with Crippen LogP contribution in [0.4, 0.5) is 4.39 Å². The van der Waals surface area contributed by atoms with Crippen LogP contribution < -0.4 is 10.9 Å². The molecule has 0 atom stereocenters. The van der Waals surface area contributed by atoms with E-state index in [1.807, 2.05) is 6.92 Å². The molecule has 0 radical (unpaired) electrons. The number of amides is 1. The van der Waals surface area contributed by atoms with E-state index in [0.29, 0.717) is 29.6 Å². The molecule has 3 aromatic rings. The van der Waals surface area contributed by atoms with E-state index in [4.69, 9.17) is 0 Å². The number of pyridine rings is 1. The zero-order chi connectivity index (χ0) is 20.1. The van der Waals surface area contributed by atoms with Crippen LogP contribution in [0.2, 0.25) is 0 Å². The second-order valence-electron chi connectivity index (χ2n) is 6.07. The highest BCUT2D eigenvalue weighted by Crippen LogP contribution is 2.20. The lowest BCUT2D eigenvalue weighted by molar-refractivity contribution is -0.118. The lowest BCUT2D eigenvalue weighted by Gasteiger charge is -2.07. The molecule has 0 aliphatic heterocycles. The number of nitrogens with zero attached hydrogens (tertiary/aromatic N) is 4. The average molecular weight is 401 g/mol. The van der Waals surface area contributed by atoms with Crippen LogP contribution in [0.3, 0.4) is 0 Å². The predicted octanol–water partition coefficient (Wildman–Crippen LogP) is 2.21. The summed E-state index contributed by atoms with van der Waals surface area (Å²) in [5.41, 5.74) is 1.15. The highest BCUT2D eigenvalue weighted by molar-refractivity contribution is 7.99. The number of carbonyl (C=O) groups excluding carboxylic acids is 1. The van der Waals surface area contributed by atoms with E-state index >= 15 is 0 Å². The lowest BCUT2D eigenvalue weighted by atomic mass is 10.2. The summed E-state index contributed by atoms with van der Waals surface area (Å²) in [5.74, 6) is 0.128. The topological polar surface area (TPSA) is 81.8 Å². The Balaban J connectivity index is 1.62. The fraction of sp³-hybridized carbons (Fsp3) is 0.263. The largest absolute Gasteiger partial charge is 0.351 e. The van der Waals surface area contributed by atoms with Crippen molar-refractivity contribution in [2.24, 2.45) is 7.05 Å². The number of halogens is 1. The molecule has 1 N–H and O–H groups in total. The van der Waals surface area contributed by atoms with Crippen LogP contribution in [0.5, 0.6) is 0 Å². The molecule has 0 aliphatic rings. The van der Waals surface area contributed by atoms with Crippen LogP contribution in [-0.2, 0) is 24.9 Å². The van der Waals surface area contributed by atoms with E-state index in [2.05, 4.69) is 15.5 Å². The zero-order valence-electron chi connectivity index (χ0n) is 15.6. The average Bonchev–Trinajstić information content (AvgIpc) is 3.06. The highest BCUT2D eigenvalue weighted by Gasteiger charge is 2.16. The van der Waals surface area contributed by atoms with Crippen molar-refractivity contribution in [1.29, 1.82) is 0 Å². The van der Waals surface area contributed by atoms with Gasteiger partial charge in [0.25, 0.3) is 5.56 Å². The first-order valence-electron chi connectivity index (χ1n) is 8.72. The fourth-order valence-corrected chi connectivity index (χ4v) is 3.36. The number of hydrogen-bond acceptors (Lipinski definition) is 5. The Bertz CT molecular complexity index is 1030. The minimum atomic E-state index is -0.312. The molecule has 0 saturated heterocycles. The molecular formula is C19H20FN5O2S. The Morgan fingerprint density at radius 2 is 1.96 bits per heavy atom. The van der Waals surface area contributed by atoms with Gasteiger partial charge in [-0.1, -0.05) is 23.9 Å². The molecule has 0 unspecified atom stereocenters. The van der Waals surface area contributed by atoms with E-state index in [1.165, 1.54) is 23.9 Å². The highest BCUT2D eigenvalue weighted by atomic mass is 32.2. The van der Waals surface area contributed by atoms with Crippen molar-refractivity contribution in [3.05, 3.63) is 64.3 Å². The maximum absolute atomic E-state index is 12.9. The Hall–Kier alpha value is -2.94. The number of benzene rings is 1. The molecule has 0 fully saturated rings. The number of carbonyl (C=O) groups is 1. The summed E-state index contributed by atoms with van der Waals surface area (Å²) < 4.78 is 16.2. The van der Waals surface area contributed by atoms with Crippen LogP contribution in [-0.4, -0.2) is 31.0 Å². The smallest absolute Gasteiger partial charge is 0.261 e. The fourth-order valence-electron chi connectivity index (χ4n) is 2.62. The number of aromatic nitrogens is 4. The van der Waals surface area contributed by atoms with Gasteiger partial charge in [-0.15, -0.1) is 10.2 Å². The van der Waals surface area contributed by atoms with Gasteiger partial charge in [-0.2, -0.15) is 0 Å². The number of nitrogens with one attached hydrogen (secondary N) is 1. The number of hydrogen-bond donors (Lipinski definition) is 1. The summed E-state index contributed by atoms with van der Waals surface area (Å²) in [6.07, 6.45) is 1.73. The third kappa shape index (κ3) is 4.48. The molecule has 0 saturated carbocycles. The third-order valence-electron chi connectivity index (χ3n) is 4.17. The van der Waals surface area contributed by atoms with Gasteiger partial charge in [0.2, 0.25) is 5.91 Å². The van der Waals surface area contributed by atoms with Crippen molar-refractivity contribution in [1.82, 2.24) is 24.6 Å². The standard InChI is InChI=1S/C19H20FN5O2S/c1-3-25-10-4-5-15(18(25)27)17-22-23-19(24(17)2)28-12-16(26)21-11-13-6-8-14(20)9-7-13/h4-10H,3,11-12H2,1-2H3,(H,21,26). The van der Waals surface area contributed by atoms with Crippen molar-refractivity contribution in [3.63, 3.8) is 0 Å². The molecule has 1 aromatic carbocycles. The summed E-state index contributed by atoms with van der Waals surface area (Å²) in [5, 5.41) is 11.5. The van der Waals surface area contributed by atoms with E-state index in [-0.39, 0.29) is 23.0 Å². The van der Waals surface area contributed by atoms with Gasteiger partial charge in [-0.05, 0) is 36.8 Å². The molecule has 9 heteroatoms.